The van der Waals surface area contributed by atoms with Crippen LogP contribution in [0.2, 0.25) is 0 Å². The molecule has 0 amide bonds. The smallest absolute Gasteiger partial charge is 0.167 e. The predicted octanol–water partition coefficient (Wildman–Crippen LogP) is 5.15. The zero-order chi connectivity index (χ0) is 15.1. The molecule has 0 saturated heterocycles. The first-order chi connectivity index (χ1) is 9.27. The van der Waals surface area contributed by atoms with Crippen molar-refractivity contribution in [2.45, 2.75) is 34.1 Å². The first kappa shape index (κ1) is 19.4. The van der Waals surface area contributed by atoms with E-state index in [1.54, 1.807) is 18.2 Å². The van der Waals surface area contributed by atoms with Crippen LogP contribution >= 0.6 is 0 Å². The minimum absolute atomic E-state index is 0.0658. The van der Waals surface area contributed by atoms with Gasteiger partial charge in [0.2, 0.25) is 0 Å². The standard InChI is InChI=1S/C14H14O.2C2H6/c1-3-8-13(4-2)14(15)11-12-9-6-5-7-10-12;2*1-2/h3-10H,1-2,11H2;2*1-2H3/b13-8+;;. The van der Waals surface area contributed by atoms with Gasteiger partial charge < -0.3 is 0 Å². The maximum Gasteiger partial charge on any atom is 0.167 e. The highest BCUT2D eigenvalue weighted by Gasteiger charge is 2.05. The molecule has 1 aromatic rings. The number of carbonyl (C=O) groups is 1. The van der Waals surface area contributed by atoms with E-state index in [0.29, 0.717) is 12.0 Å². The highest BCUT2D eigenvalue weighted by molar-refractivity contribution is 5.99. The Hall–Kier alpha value is -1.89. The molecule has 0 fully saturated rings. The lowest BCUT2D eigenvalue weighted by Gasteiger charge is -2.00. The van der Waals surface area contributed by atoms with Crippen LogP contribution in [0.3, 0.4) is 0 Å². The highest BCUT2D eigenvalue weighted by Crippen LogP contribution is 2.06. The van der Waals surface area contributed by atoms with Crippen LogP contribution in [0.5, 0.6) is 0 Å². The summed E-state index contributed by atoms with van der Waals surface area (Å²) in [5.41, 5.74) is 1.62. The van der Waals surface area contributed by atoms with Gasteiger partial charge in [0.1, 0.15) is 0 Å². The third kappa shape index (κ3) is 8.78. The summed E-state index contributed by atoms with van der Waals surface area (Å²) >= 11 is 0. The Morgan fingerprint density at radius 3 is 2.00 bits per heavy atom. The van der Waals surface area contributed by atoms with Crippen LogP contribution in [0.25, 0.3) is 0 Å². The van der Waals surface area contributed by atoms with Crippen LogP contribution in [-0.4, -0.2) is 5.78 Å². The van der Waals surface area contributed by atoms with E-state index in [9.17, 15) is 4.79 Å². The van der Waals surface area contributed by atoms with Gasteiger partial charge in [-0.1, -0.05) is 89.4 Å². The van der Waals surface area contributed by atoms with Crippen LogP contribution in [0.15, 0.2) is 67.3 Å². The summed E-state index contributed by atoms with van der Waals surface area (Å²) < 4.78 is 0. The molecule has 0 N–H and O–H groups in total. The lowest BCUT2D eigenvalue weighted by molar-refractivity contribution is -0.114. The van der Waals surface area contributed by atoms with E-state index in [-0.39, 0.29) is 5.78 Å². The predicted molar refractivity (Wildman–Crippen MR) is 86.3 cm³/mol. The van der Waals surface area contributed by atoms with Gasteiger partial charge in [0.25, 0.3) is 0 Å². The normalized spacial score (nSPS) is 9.16. The Kier molecular flexibility index (Phi) is 14.5. The molecule has 0 aliphatic rings. The summed E-state index contributed by atoms with van der Waals surface area (Å²) in [4.78, 5) is 11.7. The number of hydrogen-bond donors (Lipinski definition) is 0. The van der Waals surface area contributed by atoms with Crippen molar-refractivity contribution in [3.63, 3.8) is 0 Å². The molecule has 104 valence electrons. The van der Waals surface area contributed by atoms with Gasteiger partial charge in [0.05, 0.1) is 0 Å². The Bertz CT molecular complexity index is 385. The number of carbonyl (C=O) groups excluding carboxylic acids is 1. The van der Waals surface area contributed by atoms with Crippen molar-refractivity contribution in [2.24, 2.45) is 0 Å². The third-order valence-corrected chi connectivity index (χ3v) is 2.05. The lowest BCUT2D eigenvalue weighted by atomic mass is 10.0. The van der Waals surface area contributed by atoms with E-state index in [0.717, 1.165) is 5.56 Å². The molecule has 1 nitrogen and oxygen atoms in total. The third-order valence-electron chi connectivity index (χ3n) is 2.05. The van der Waals surface area contributed by atoms with Crippen LogP contribution in [0.1, 0.15) is 33.3 Å². The molecule has 1 heteroatoms. The number of Topliss-reactive ketones (excluding diaryl/α,β-unsaturated/α-hetero) is 1. The molecule has 19 heavy (non-hydrogen) atoms. The largest absolute Gasteiger partial charge is 0.294 e. The zero-order valence-electron chi connectivity index (χ0n) is 12.6. The number of allylic oxidation sites excluding steroid dienone is 4. The molecule has 0 aliphatic heterocycles. The molecule has 1 aromatic carbocycles. The molecule has 0 radical (unpaired) electrons. The number of hydrogen-bond acceptors (Lipinski definition) is 1. The molecule has 1 rings (SSSR count). The second-order valence-corrected chi connectivity index (χ2v) is 3.15. The topological polar surface area (TPSA) is 17.1 Å². The van der Waals surface area contributed by atoms with E-state index in [4.69, 9.17) is 0 Å². The molecule has 0 saturated carbocycles. The van der Waals surface area contributed by atoms with E-state index >= 15 is 0 Å². The fourth-order valence-electron chi connectivity index (χ4n) is 1.29. The van der Waals surface area contributed by atoms with Crippen LogP contribution in [0, 0.1) is 0 Å². The summed E-state index contributed by atoms with van der Waals surface area (Å²) in [6, 6.07) is 9.65. The minimum Gasteiger partial charge on any atom is -0.294 e. The average Bonchev–Trinajstić information content (AvgIpc) is 2.49. The van der Waals surface area contributed by atoms with Gasteiger partial charge in [0, 0.05) is 12.0 Å². The fourth-order valence-corrected chi connectivity index (χ4v) is 1.29. The Morgan fingerprint density at radius 1 is 1.05 bits per heavy atom. The zero-order valence-corrected chi connectivity index (χ0v) is 12.6. The molecular weight excluding hydrogens is 232 g/mol. The van der Waals surface area contributed by atoms with Crippen molar-refractivity contribution in [2.75, 3.05) is 0 Å². The van der Waals surface area contributed by atoms with E-state index in [2.05, 4.69) is 13.2 Å². The Labute approximate surface area is 118 Å². The van der Waals surface area contributed by atoms with Gasteiger partial charge in [0.15, 0.2) is 5.78 Å². The van der Waals surface area contributed by atoms with Crippen molar-refractivity contribution in [3.05, 3.63) is 72.9 Å². The fraction of sp³-hybridized carbons (Fsp3) is 0.278. The number of rotatable bonds is 5. The average molecular weight is 258 g/mol. The van der Waals surface area contributed by atoms with E-state index in [1.807, 2.05) is 58.0 Å². The van der Waals surface area contributed by atoms with Gasteiger partial charge in [-0.15, -0.1) is 0 Å². The molecule has 0 bridgehead atoms. The van der Waals surface area contributed by atoms with Gasteiger partial charge in [-0.3, -0.25) is 4.79 Å². The van der Waals surface area contributed by atoms with Gasteiger partial charge in [-0.2, -0.15) is 0 Å². The summed E-state index contributed by atoms with van der Waals surface area (Å²) in [5, 5.41) is 0. The molecule has 0 aromatic heterocycles. The molecular formula is C18H26O. The van der Waals surface area contributed by atoms with E-state index in [1.165, 1.54) is 0 Å². The van der Waals surface area contributed by atoms with Crippen molar-refractivity contribution in [3.8, 4) is 0 Å². The van der Waals surface area contributed by atoms with Crippen molar-refractivity contribution < 1.29 is 4.79 Å². The second kappa shape index (κ2) is 14.2. The minimum atomic E-state index is 0.0658. The summed E-state index contributed by atoms with van der Waals surface area (Å²) in [6.45, 7) is 15.2. The van der Waals surface area contributed by atoms with Crippen molar-refractivity contribution in [1.82, 2.24) is 0 Å². The molecule has 0 unspecified atom stereocenters. The monoisotopic (exact) mass is 258 g/mol. The summed E-state index contributed by atoms with van der Waals surface area (Å²) in [6.07, 6.45) is 5.25. The van der Waals surface area contributed by atoms with Crippen molar-refractivity contribution in [1.29, 1.82) is 0 Å². The van der Waals surface area contributed by atoms with Gasteiger partial charge >= 0.3 is 0 Å². The van der Waals surface area contributed by atoms with Crippen LogP contribution in [0.4, 0.5) is 0 Å². The van der Waals surface area contributed by atoms with Gasteiger partial charge in [-0.25, -0.2) is 0 Å². The maximum absolute atomic E-state index is 11.7. The van der Waals surface area contributed by atoms with Crippen LogP contribution < -0.4 is 0 Å². The Morgan fingerprint density at radius 2 is 1.58 bits per heavy atom. The molecule has 0 atom stereocenters. The molecule has 0 heterocycles. The summed E-state index contributed by atoms with van der Waals surface area (Å²) in [7, 11) is 0. The first-order valence-electron chi connectivity index (χ1n) is 6.80. The first-order valence-corrected chi connectivity index (χ1v) is 6.80. The number of benzene rings is 1. The van der Waals surface area contributed by atoms with Crippen molar-refractivity contribution >= 4 is 5.78 Å². The molecule has 0 aliphatic carbocycles. The van der Waals surface area contributed by atoms with Crippen LogP contribution in [-0.2, 0) is 11.2 Å². The quantitative estimate of drug-likeness (QED) is 0.527. The second-order valence-electron chi connectivity index (χ2n) is 3.15. The highest BCUT2D eigenvalue weighted by atomic mass is 16.1. The lowest BCUT2D eigenvalue weighted by Crippen LogP contribution is -2.04. The van der Waals surface area contributed by atoms with E-state index < -0.39 is 0 Å². The maximum atomic E-state index is 11.7. The number of ketones is 1. The summed E-state index contributed by atoms with van der Waals surface area (Å²) in [5.74, 6) is 0.0658. The molecule has 0 spiro atoms. The van der Waals surface area contributed by atoms with Gasteiger partial charge in [-0.05, 0) is 5.56 Å². The Balaban J connectivity index is 0. The SMILES string of the molecule is C=C/C=C(\C=C)C(=O)Cc1ccccc1.CC.CC.